The molecule has 0 unspecified atom stereocenters. The summed E-state index contributed by atoms with van der Waals surface area (Å²) < 4.78 is 5.31. The zero-order chi connectivity index (χ0) is 13.9. The fraction of sp³-hybridized carbons (Fsp3) is 0.357. The Labute approximate surface area is 107 Å². The molecular weight excluding hydrogens is 232 g/mol. The Morgan fingerprint density at radius 3 is 2.39 bits per heavy atom. The van der Waals surface area contributed by atoms with Crippen molar-refractivity contribution < 1.29 is 19.7 Å². The van der Waals surface area contributed by atoms with Gasteiger partial charge in [-0.25, -0.2) is 4.79 Å². The smallest absolute Gasteiger partial charge is 0.328 e. The molecule has 4 nitrogen and oxygen atoms in total. The van der Waals surface area contributed by atoms with Crippen molar-refractivity contribution in [3.05, 3.63) is 34.4 Å². The minimum Gasteiger partial charge on any atom is -0.496 e. The standard InChI is InChI=1S/C14H18O4/c1-8-5-12(11(7-15)6-13(16)17)9(2)10(3)14(8)18-4/h5-6,15H,7H2,1-4H3,(H,16,17)/b11-6+. The van der Waals surface area contributed by atoms with Gasteiger partial charge in [-0.2, -0.15) is 0 Å². The maximum Gasteiger partial charge on any atom is 0.328 e. The molecule has 0 aromatic heterocycles. The number of ether oxygens (including phenoxy) is 1. The average molecular weight is 250 g/mol. The Morgan fingerprint density at radius 1 is 1.33 bits per heavy atom. The lowest BCUT2D eigenvalue weighted by Crippen LogP contribution is -2.02. The number of aryl methyl sites for hydroxylation is 1. The lowest BCUT2D eigenvalue weighted by atomic mass is 9.93. The van der Waals surface area contributed by atoms with Gasteiger partial charge in [0.1, 0.15) is 5.75 Å². The van der Waals surface area contributed by atoms with E-state index in [1.165, 1.54) is 0 Å². The summed E-state index contributed by atoms with van der Waals surface area (Å²) >= 11 is 0. The van der Waals surface area contributed by atoms with Crippen LogP contribution in [0.5, 0.6) is 5.75 Å². The van der Waals surface area contributed by atoms with Gasteiger partial charge < -0.3 is 14.9 Å². The molecule has 1 rings (SSSR count). The van der Waals surface area contributed by atoms with Gasteiger partial charge >= 0.3 is 5.97 Å². The Bertz CT molecular complexity index is 501. The van der Waals surface area contributed by atoms with Gasteiger partial charge in [-0.15, -0.1) is 0 Å². The minimum atomic E-state index is -1.07. The fourth-order valence-electron chi connectivity index (χ4n) is 2.06. The SMILES string of the molecule is COc1c(C)cc(/C(=C/C(=O)O)CO)c(C)c1C. The monoisotopic (exact) mass is 250 g/mol. The normalized spacial score (nSPS) is 11.5. The highest BCUT2D eigenvalue weighted by atomic mass is 16.5. The van der Waals surface area contributed by atoms with Crippen LogP contribution in [0.1, 0.15) is 22.3 Å². The van der Waals surface area contributed by atoms with Crippen LogP contribution in [0.15, 0.2) is 12.1 Å². The number of carbonyl (C=O) groups is 1. The molecule has 2 N–H and O–H groups in total. The molecule has 98 valence electrons. The molecule has 0 aliphatic heterocycles. The van der Waals surface area contributed by atoms with Gasteiger partial charge in [0.05, 0.1) is 13.7 Å². The largest absolute Gasteiger partial charge is 0.496 e. The van der Waals surface area contributed by atoms with Crippen LogP contribution in [0.25, 0.3) is 5.57 Å². The summed E-state index contributed by atoms with van der Waals surface area (Å²) in [6, 6.07) is 1.84. The van der Waals surface area contributed by atoms with Gasteiger partial charge in [-0.05, 0) is 54.7 Å². The average Bonchev–Trinajstić information content (AvgIpc) is 2.31. The number of carboxylic acids is 1. The van der Waals surface area contributed by atoms with E-state index in [9.17, 15) is 9.90 Å². The van der Waals surface area contributed by atoms with Crippen molar-refractivity contribution >= 4 is 11.5 Å². The lowest BCUT2D eigenvalue weighted by Gasteiger charge is -2.16. The minimum absolute atomic E-state index is 0.307. The van der Waals surface area contributed by atoms with Crippen LogP contribution in [0.2, 0.25) is 0 Å². The summed E-state index contributed by atoms with van der Waals surface area (Å²) in [6.45, 7) is 5.39. The van der Waals surface area contributed by atoms with E-state index in [4.69, 9.17) is 9.84 Å². The molecule has 0 aliphatic carbocycles. The third kappa shape index (κ3) is 2.71. The topological polar surface area (TPSA) is 66.8 Å². The van der Waals surface area contributed by atoms with E-state index in [0.29, 0.717) is 5.57 Å². The molecule has 0 aliphatic rings. The van der Waals surface area contributed by atoms with Gasteiger partial charge in [0, 0.05) is 6.08 Å². The predicted octanol–water partition coefficient (Wildman–Crippen LogP) is 2.08. The van der Waals surface area contributed by atoms with E-state index in [-0.39, 0.29) is 6.61 Å². The van der Waals surface area contributed by atoms with E-state index in [0.717, 1.165) is 34.1 Å². The van der Waals surface area contributed by atoms with Crippen molar-refractivity contribution in [2.45, 2.75) is 20.8 Å². The molecule has 18 heavy (non-hydrogen) atoms. The zero-order valence-corrected chi connectivity index (χ0v) is 11.1. The number of hydrogen-bond donors (Lipinski definition) is 2. The molecule has 0 fully saturated rings. The number of methoxy groups -OCH3 is 1. The molecule has 0 saturated heterocycles. The number of aliphatic carboxylic acids is 1. The maximum absolute atomic E-state index is 10.7. The van der Waals surface area contributed by atoms with Crippen molar-refractivity contribution in [2.75, 3.05) is 13.7 Å². The van der Waals surface area contributed by atoms with Gasteiger partial charge in [0.15, 0.2) is 0 Å². The fourth-order valence-corrected chi connectivity index (χ4v) is 2.06. The Hall–Kier alpha value is -1.81. The van der Waals surface area contributed by atoms with E-state index in [1.807, 2.05) is 26.8 Å². The highest BCUT2D eigenvalue weighted by Gasteiger charge is 2.13. The summed E-state index contributed by atoms with van der Waals surface area (Å²) in [5.74, 6) is -0.270. The van der Waals surface area contributed by atoms with Crippen LogP contribution in [-0.4, -0.2) is 29.9 Å². The van der Waals surface area contributed by atoms with E-state index >= 15 is 0 Å². The lowest BCUT2D eigenvalue weighted by molar-refractivity contribution is -0.131. The third-order valence-electron chi connectivity index (χ3n) is 3.04. The first-order valence-electron chi connectivity index (χ1n) is 5.61. The van der Waals surface area contributed by atoms with Crippen LogP contribution in [0, 0.1) is 20.8 Å². The molecule has 0 atom stereocenters. The molecule has 0 saturated carbocycles. The second-order valence-corrected chi connectivity index (χ2v) is 4.19. The molecule has 4 heteroatoms. The molecule has 0 spiro atoms. The highest BCUT2D eigenvalue weighted by molar-refractivity contribution is 5.91. The van der Waals surface area contributed by atoms with Crippen molar-refractivity contribution in [3.63, 3.8) is 0 Å². The summed E-state index contributed by atoms with van der Waals surface area (Å²) in [5, 5.41) is 18.1. The number of carboxylic acid groups (broad SMARTS) is 1. The third-order valence-corrected chi connectivity index (χ3v) is 3.04. The molecule has 0 bridgehead atoms. The molecule has 1 aromatic carbocycles. The summed E-state index contributed by atoms with van der Waals surface area (Å²) in [5.41, 5.74) is 3.93. The first-order valence-corrected chi connectivity index (χ1v) is 5.61. The van der Waals surface area contributed by atoms with Crippen LogP contribution < -0.4 is 4.74 Å². The second kappa shape index (κ2) is 5.69. The highest BCUT2D eigenvalue weighted by Crippen LogP contribution is 2.31. The first kappa shape index (κ1) is 14.3. The molecular formula is C14H18O4. The summed E-state index contributed by atoms with van der Waals surface area (Å²) in [6.07, 6.45) is 1.04. The number of hydrogen-bond acceptors (Lipinski definition) is 3. The van der Waals surface area contributed by atoms with E-state index < -0.39 is 5.97 Å². The van der Waals surface area contributed by atoms with Crippen molar-refractivity contribution in [3.8, 4) is 5.75 Å². The number of aliphatic hydroxyl groups is 1. The van der Waals surface area contributed by atoms with Crippen molar-refractivity contribution in [2.24, 2.45) is 0 Å². The van der Waals surface area contributed by atoms with Crippen LogP contribution >= 0.6 is 0 Å². The maximum atomic E-state index is 10.7. The predicted molar refractivity (Wildman–Crippen MR) is 69.9 cm³/mol. The second-order valence-electron chi connectivity index (χ2n) is 4.19. The van der Waals surface area contributed by atoms with Crippen molar-refractivity contribution in [1.82, 2.24) is 0 Å². The molecule has 1 aromatic rings. The van der Waals surface area contributed by atoms with Gasteiger partial charge in [-0.3, -0.25) is 0 Å². The summed E-state index contributed by atoms with van der Waals surface area (Å²) in [7, 11) is 1.61. The number of aliphatic hydroxyl groups excluding tert-OH is 1. The molecule has 0 radical (unpaired) electrons. The summed E-state index contributed by atoms with van der Waals surface area (Å²) in [4.78, 5) is 10.7. The van der Waals surface area contributed by atoms with Gasteiger partial charge in [0.25, 0.3) is 0 Å². The zero-order valence-electron chi connectivity index (χ0n) is 11.1. The first-order chi connectivity index (χ1) is 8.42. The Morgan fingerprint density at radius 2 is 1.94 bits per heavy atom. The van der Waals surface area contributed by atoms with Crippen LogP contribution in [-0.2, 0) is 4.79 Å². The Balaban J connectivity index is 3.47. The van der Waals surface area contributed by atoms with E-state index in [1.54, 1.807) is 7.11 Å². The van der Waals surface area contributed by atoms with Gasteiger partial charge in [0.2, 0.25) is 0 Å². The number of benzene rings is 1. The molecule has 0 amide bonds. The molecule has 0 heterocycles. The van der Waals surface area contributed by atoms with Crippen LogP contribution in [0.4, 0.5) is 0 Å². The van der Waals surface area contributed by atoms with Crippen molar-refractivity contribution in [1.29, 1.82) is 0 Å². The van der Waals surface area contributed by atoms with Gasteiger partial charge in [-0.1, -0.05) is 0 Å². The Kier molecular flexibility index (Phi) is 4.50. The van der Waals surface area contributed by atoms with Crippen LogP contribution in [0.3, 0.4) is 0 Å². The number of rotatable bonds is 4. The quantitative estimate of drug-likeness (QED) is 0.803. The van der Waals surface area contributed by atoms with E-state index in [2.05, 4.69) is 0 Å².